The van der Waals surface area contributed by atoms with Gasteiger partial charge in [-0.25, -0.2) is 0 Å². The number of likely N-dealkylation sites (tertiary alicyclic amines) is 1. The Hall–Kier alpha value is -1.92. The van der Waals surface area contributed by atoms with Crippen LogP contribution in [0.3, 0.4) is 0 Å². The zero-order chi connectivity index (χ0) is 17.4. The number of ether oxygens (including phenoxy) is 1. The van der Waals surface area contributed by atoms with Crippen LogP contribution in [0.4, 0.5) is 0 Å². The Morgan fingerprint density at radius 3 is 2.79 bits per heavy atom. The first-order chi connectivity index (χ1) is 11.7. The Balaban J connectivity index is 2.00. The van der Waals surface area contributed by atoms with Crippen LogP contribution in [-0.4, -0.2) is 61.5 Å². The summed E-state index contributed by atoms with van der Waals surface area (Å²) >= 11 is 0. The summed E-state index contributed by atoms with van der Waals surface area (Å²) in [5, 5.41) is 0. The number of nitrogens with zero attached hydrogens (tertiary/aromatic N) is 2. The quantitative estimate of drug-likeness (QED) is 0.727. The van der Waals surface area contributed by atoms with Gasteiger partial charge in [-0.15, -0.1) is 0 Å². The standard InChI is InChI=1S/C18H27N3O3/c1-24-11-10-20-14-16(12-17(20)22)18(23)21(9-5-8-19)13-15-6-3-2-4-7-15/h2-4,6-7,16H,5,8-14,19H2,1H3. The van der Waals surface area contributed by atoms with Crippen molar-refractivity contribution in [1.29, 1.82) is 0 Å². The summed E-state index contributed by atoms with van der Waals surface area (Å²) in [6.45, 7) is 3.24. The van der Waals surface area contributed by atoms with Crippen molar-refractivity contribution >= 4 is 11.8 Å². The number of nitrogens with two attached hydrogens (primary N) is 1. The van der Waals surface area contributed by atoms with Crippen molar-refractivity contribution in [2.24, 2.45) is 11.7 Å². The predicted octanol–water partition coefficient (Wildman–Crippen LogP) is 0.859. The van der Waals surface area contributed by atoms with Gasteiger partial charge in [0.05, 0.1) is 12.5 Å². The van der Waals surface area contributed by atoms with Crippen molar-refractivity contribution in [3.63, 3.8) is 0 Å². The van der Waals surface area contributed by atoms with Crippen molar-refractivity contribution in [3.05, 3.63) is 35.9 Å². The van der Waals surface area contributed by atoms with Gasteiger partial charge in [0.2, 0.25) is 11.8 Å². The molecule has 6 heteroatoms. The molecule has 1 atom stereocenters. The van der Waals surface area contributed by atoms with Crippen LogP contribution < -0.4 is 5.73 Å². The van der Waals surface area contributed by atoms with Gasteiger partial charge in [0, 0.05) is 39.7 Å². The van der Waals surface area contributed by atoms with Gasteiger partial charge in [0.15, 0.2) is 0 Å². The minimum absolute atomic E-state index is 0.0314. The van der Waals surface area contributed by atoms with E-state index in [1.807, 2.05) is 35.2 Å². The van der Waals surface area contributed by atoms with E-state index in [4.69, 9.17) is 10.5 Å². The highest BCUT2D eigenvalue weighted by atomic mass is 16.5. The smallest absolute Gasteiger partial charge is 0.228 e. The number of rotatable bonds is 9. The van der Waals surface area contributed by atoms with Crippen LogP contribution in [0.25, 0.3) is 0 Å². The van der Waals surface area contributed by atoms with Gasteiger partial charge >= 0.3 is 0 Å². The topological polar surface area (TPSA) is 75.9 Å². The molecule has 132 valence electrons. The molecule has 0 spiro atoms. The summed E-state index contributed by atoms with van der Waals surface area (Å²) in [6, 6.07) is 9.90. The first-order valence-electron chi connectivity index (χ1n) is 8.45. The van der Waals surface area contributed by atoms with Crippen LogP contribution in [0.15, 0.2) is 30.3 Å². The lowest BCUT2D eigenvalue weighted by Gasteiger charge is -2.25. The van der Waals surface area contributed by atoms with Crippen LogP contribution >= 0.6 is 0 Å². The number of carbonyl (C=O) groups is 2. The molecular formula is C18H27N3O3. The molecule has 2 rings (SSSR count). The maximum absolute atomic E-state index is 12.9. The molecule has 6 nitrogen and oxygen atoms in total. The fraction of sp³-hybridized carbons (Fsp3) is 0.556. The fourth-order valence-electron chi connectivity index (χ4n) is 2.97. The maximum Gasteiger partial charge on any atom is 0.228 e. The number of amides is 2. The highest BCUT2D eigenvalue weighted by Crippen LogP contribution is 2.21. The Morgan fingerprint density at radius 1 is 1.38 bits per heavy atom. The average Bonchev–Trinajstić information content (AvgIpc) is 2.97. The first kappa shape index (κ1) is 18.4. The van der Waals surface area contributed by atoms with E-state index in [1.165, 1.54) is 0 Å². The van der Waals surface area contributed by atoms with Gasteiger partial charge < -0.3 is 20.3 Å². The monoisotopic (exact) mass is 333 g/mol. The second kappa shape index (κ2) is 9.39. The molecule has 1 aliphatic rings. The van der Waals surface area contributed by atoms with E-state index in [2.05, 4.69) is 0 Å². The molecule has 2 N–H and O–H groups in total. The van der Waals surface area contributed by atoms with E-state index in [0.29, 0.717) is 39.3 Å². The van der Waals surface area contributed by atoms with Crippen molar-refractivity contribution in [3.8, 4) is 0 Å². The molecule has 0 bridgehead atoms. The molecule has 1 unspecified atom stereocenters. The fourth-order valence-corrected chi connectivity index (χ4v) is 2.97. The lowest BCUT2D eigenvalue weighted by molar-refractivity contribution is -0.136. The number of benzene rings is 1. The van der Waals surface area contributed by atoms with Gasteiger partial charge in [-0.2, -0.15) is 0 Å². The highest BCUT2D eigenvalue weighted by Gasteiger charge is 2.36. The van der Waals surface area contributed by atoms with Crippen molar-refractivity contribution in [2.75, 3.05) is 39.9 Å². The van der Waals surface area contributed by atoms with Crippen molar-refractivity contribution in [2.45, 2.75) is 19.4 Å². The average molecular weight is 333 g/mol. The van der Waals surface area contributed by atoms with Crippen LogP contribution in [0.1, 0.15) is 18.4 Å². The summed E-state index contributed by atoms with van der Waals surface area (Å²) in [4.78, 5) is 28.5. The molecule has 24 heavy (non-hydrogen) atoms. The Bertz CT molecular complexity index is 536. The maximum atomic E-state index is 12.9. The predicted molar refractivity (Wildman–Crippen MR) is 92.1 cm³/mol. The zero-order valence-corrected chi connectivity index (χ0v) is 14.3. The van der Waals surface area contributed by atoms with Crippen LogP contribution in [0.2, 0.25) is 0 Å². The Kier molecular flexibility index (Phi) is 7.21. The zero-order valence-electron chi connectivity index (χ0n) is 14.3. The first-order valence-corrected chi connectivity index (χ1v) is 8.45. The van der Waals surface area contributed by atoms with Gasteiger partial charge in [0.25, 0.3) is 0 Å². The van der Waals surface area contributed by atoms with Crippen LogP contribution in [0.5, 0.6) is 0 Å². The van der Waals surface area contributed by atoms with E-state index < -0.39 is 0 Å². The molecule has 2 amide bonds. The molecule has 1 aliphatic heterocycles. The molecule has 1 saturated heterocycles. The Labute approximate surface area is 143 Å². The van der Waals surface area contributed by atoms with Gasteiger partial charge in [-0.1, -0.05) is 30.3 Å². The molecule has 0 aliphatic carbocycles. The van der Waals surface area contributed by atoms with Gasteiger partial charge in [0.1, 0.15) is 0 Å². The van der Waals surface area contributed by atoms with E-state index in [0.717, 1.165) is 12.0 Å². The van der Waals surface area contributed by atoms with Gasteiger partial charge in [-0.3, -0.25) is 9.59 Å². The summed E-state index contributed by atoms with van der Waals surface area (Å²) < 4.78 is 5.02. The summed E-state index contributed by atoms with van der Waals surface area (Å²) in [5.74, 6) is -0.194. The third kappa shape index (κ3) is 5.04. The van der Waals surface area contributed by atoms with E-state index in [-0.39, 0.29) is 24.2 Å². The number of hydrogen-bond donors (Lipinski definition) is 1. The van der Waals surface area contributed by atoms with E-state index in [1.54, 1.807) is 12.0 Å². The second-order valence-corrected chi connectivity index (χ2v) is 6.12. The lowest BCUT2D eigenvalue weighted by Crippen LogP contribution is -2.38. The normalized spacial score (nSPS) is 17.3. The second-order valence-electron chi connectivity index (χ2n) is 6.12. The van der Waals surface area contributed by atoms with Crippen molar-refractivity contribution < 1.29 is 14.3 Å². The number of carbonyl (C=O) groups excluding carboxylic acids is 2. The van der Waals surface area contributed by atoms with E-state index >= 15 is 0 Å². The molecule has 0 aromatic heterocycles. The molecule has 1 fully saturated rings. The molecular weight excluding hydrogens is 306 g/mol. The van der Waals surface area contributed by atoms with E-state index in [9.17, 15) is 9.59 Å². The molecule has 1 aromatic carbocycles. The number of hydrogen-bond acceptors (Lipinski definition) is 4. The van der Waals surface area contributed by atoms with Crippen LogP contribution in [0, 0.1) is 5.92 Å². The largest absolute Gasteiger partial charge is 0.383 e. The van der Waals surface area contributed by atoms with Crippen LogP contribution in [-0.2, 0) is 20.9 Å². The Morgan fingerprint density at radius 2 is 2.12 bits per heavy atom. The lowest BCUT2D eigenvalue weighted by atomic mass is 10.1. The van der Waals surface area contributed by atoms with Crippen molar-refractivity contribution in [1.82, 2.24) is 9.80 Å². The third-order valence-corrected chi connectivity index (χ3v) is 4.29. The third-order valence-electron chi connectivity index (χ3n) is 4.29. The molecule has 1 aromatic rings. The molecule has 0 saturated carbocycles. The highest BCUT2D eigenvalue weighted by molar-refractivity contribution is 5.89. The minimum atomic E-state index is -0.268. The number of methoxy groups -OCH3 is 1. The van der Waals surface area contributed by atoms with Gasteiger partial charge in [-0.05, 0) is 18.5 Å². The SMILES string of the molecule is COCCN1CC(C(=O)N(CCCN)Cc2ccccc2)CC1=O. The molecule has 0 radical (unpaired) electrons. The summed E-state index contributed by atoms with van der Waals surface area (Å²) in [5.41, 5.74) is 6.70. The minimum Gasteiger partial charge on any atom is -0.383 e. The molecule has 1 heterocycles. The summed E-state index contributed by atoms with van der Waals surface area (Å²) in [7, 11) is 1.61. The summed E-state index contributed by atoms with van der Waals surface area (Å²) in [6.07, 6.45) is 1.04.